The van der Waals surface area contributed by atoms with Gasteiger partial charge in [0, 0.05) is 11.4 Å². The molecule has 0 amide bonds. The lowest BCUT2D eigenvalue weighted by Gasteiger charge is -2.10. The first-order valence-electron chi connectivity index (χ1n) is 5.87. The fraction of sp³-hybridized carbons (Fsp3) is 0.692. The lowest BCUT2D eigenvalue weighted by atomic mass is 10.2. The molecule has 0 aliphatic carbocycles. The highest BCUT2D eigenvalue weighted by Gasteiger charge is 2.04. The predicted octanol–water partition coefficient (Wildman–Crippen LogP) is 2.88. The SMILES string of the molecule is CCC.Cc1nc(CN(C)C)nc(C)c1C. The average Bonchev–Trinajstić information content (AvgIpc) is 2.14. The van der Waals surface area contributed by atoms with Gasteiger partial charge in [0.25, 0.3) is 0 Å². The van der Waals surface area contributed by atoms with Crippen LogP contribution in [0.3, 0.4) is 0 Å². The molecule has 0 fully saturated rings. The molecule has 3 nitrogen and oxygen atoms in total. The summed E-state index contributed by atoms with van der Waals surface area (Å²) in [6.07, 6.45) is 1.25. The van der Waals surface area contributed by atoms with Crippen molar-refractivity contribution in [3.05, 3.63) is 22.8 Å². The fourth-order valence-corrected chi connectivity index (χ4v) is 1.20. The molecule has 0 unspecified atom stereocenters. The Morgan fingerprint density at radius 1 is 0.938 bits per heavy atom. The Bertz CT molecular complexity index is 296. The van der Waals surface area contributed by atoms with Crippen molar-refractivity contribution in [3.8, 4) is 0 Å². The first kappa shape index (κ1) is 15.0. The second-order valence-corrected chi connectivity index (χ2v) is 4.38. The van der Waals surface area contributed by atoms with Gasteiger partial charge in [-0.25, -0.2) is 9.97 Å². The first-order valence-corrected chi connectivity index (χ1v) is 5.87. The molecule has 0 radical (unpaired) electrons. The lowest BCUT2D eigenvalue weighted by molar-refractivity contribution is 0.389. The van der Waals surface area contributed by atoms with Gasteiger partial charge in [-0.05, 0) is 40.4 Å². The predicted molar refractivity (Wildman–Crippen MR) is 69.6 cm³/mol. The number of aromatic nitrogens is 2. The molecule has 92 valence electrons. The topological polar surface area (TPSA) is 29.0 Å². The number of rotatable bonds is 2. The van der Waals surface area contributed by atoms with E-state index in [4.69, 9.17) is 0 Å². The lowest BCUT2D eigenvalue weighted by Crippen LogP contribution is -2.14. The van der Waals surface area contributed by atoms with Gasteiger partial charge in [0.15, 0.2) is 0 Å². The molecule has 0 saturated heterocycles. The molecule has 16 heavy (non-hydrogen) atoms. The van der Waals surface area contributed by atoms with E-state index >= 15 is 0 Å². The number of nitrogens with zero attached hydrogens (tertiary/aromatic N) is 3. The molecule has 0 atom stereocenters. The third-order valence-electron chi connectivity index (χ3n) is 2.14. The van der Waals surface area contributed by atoms with E-state index in [-0.39, 0.29) is 0 Å². The first-order chi connectivity index (χ1) is 7.42. The van der Waals surface area contributed by atoms with E-state index in [9.17, 15) is 0 Å². The van der Waals surface area contributed by atoms with Crippen molar-refractivity contribution in [3.63, 3.8) is 0 Å². The second kappa shape index (κ2) is 7.34. The zero-order valence-electron chi connectivity index (χ0n) is 11.8. The summed E-state index contributed by atoms with van der Waals surface area (Å²) in [5.41, 5.74) is 3.37. The van der Waals surface area contributed by atoms with Gasteiger partial charge in [-0.1, -0.05) is 20.3 Å². The summed E-state index contributed by atoms with van der Waals surface area (Å²) >= 11 is 0. The highest BCUT2D eigenvalue weighted by molar-refractivity contribution is 5.22. The van der Waals surface area contributed by atoms with E-state index < -0.39 is 0 Å². The van der Waals surface area contributed by atoms with E-state index in [0.29, 0.717) is 0 Å². The van der Waals surface area contributed by atoms with Crippen molar-refractivity contribution in [1.29, 1.82) is 0 Å². The monoisotopic (exact) mass is 223 g/mol. The largest absolute Gasteiger partial charge is 0.302 e. The molecule has 0 spiro atoms. The van der Waals surface area contributed by atoms with E-state index in [1.807, 2.05) is 27.9 Å². The van der Waals surface area contributed by atoms with Crippen molar-refractivity contribution in [2.24, 2.45) is 0 Å². The molecule has 1 heterocycles. The number of hydrogen-bond donors (Lipinski definition) is 0. The van der Waals surface area contributed by atoms with Crippen LogP contribution in [0.15, 0.2) is 0 Å². The van der Waals surface area contributed by atoms with Crippen LogP contribution in [0.4, 0.5) is 0 Å². The molecule has 0 aliphatic rings. The van der Waals surface area contributed by atoms with Crippen LogP contribution in [-0.4, -0.2) is 29.0 Å². The van der Waals surface area contributed by atoms with Gasteiger partial charge in [-0.15, -0.1) is 0 Å². The molecular weight excluding hydrogens is 198 g/mol. The van der Waals surface area contributed by atoms with E-state index in [2.05, 4.69) is 35.6 Å². The Kier molecular flexibility index (Phi) is 6.90. The second-order valence-electron chi connectivity index (χ2n) is 4.38. The minimum Gasteiger partial charge on any atom is -0.302 e. The van der Waals surface area contributed by atoms with Crippen molar-refractivity contribution < 1.29 is 0 Å². The van der Waals surface area contributed by atoms with Gasteiger partial charge in [0.05, 0.1) is 6.54 Å². The quantitative estimate of drug-likeness (QED) is 0.772. The van der Waals surface area contributed by atoms with Crippen LogP contribution in [0.2, 0.25) is 0 Å². The Morgan fingerprint density at radius 3 is 1.62 bits per heavy atom. The maximum absolute atomic E-state index is 4.42. The van der Waals surface area contributed by atoms with Crippen LogP contribution < -0.4 is 0 Å². The molecule has 1 aromatic heterocycles. The molecule has 0 bridgehead atoms. The van der Waals surface area contributed by atoms with Crippen molar-refractivity contribution in [2.45, 2.75) is 47.6 Å². The Hall–Kier alpha value is -0.960. The van der Waals surface area contributed by atoms with Crippen LogP contribution in [0.25, 0.3) is 0 Å². The van der Waals surface area contributed by atoms with E-state index in [0.717, 1.165) is 23.8 Å². The third kappa shape index (κ3) is 5.21. The minimum absolute atomic E-state index is 0.808. The van der Waals surface area contributed by atoms with E-state index in [1.54, 1.807) is 0 Å². The van der Waals surface area contributed by atoms with Gasteiger partial charge in [-0.3, -0.25) is 0 Å². The van der Waals surface area contributed by atoms with Gasteiger partial charge in [0.1, 0.15) is 5.82 Å². The Labute approximate surface area is 99.9 Å². The Balaban J connectivity index is 0.000000673. The maximum Gasteiger partial charge on any atom is 0.142 e. The summed E-state index contributed by atoms with van der Waals surface area (Å²) < 4.78 is 0. The number of hydrogen-bond acceptors (Lipinski definition) is 3. The zero-order valence-corrected chi connectivity index (χ0v) is 11.8. The van der Waals surface area contributed by atoms with Crippen molar-refractivity contribution in [1.82, 2.24) is 14.9 Å². The highest BCUT2D eigenvalue weighted by atomic mass is 15.1. The molecular formula is C13H25N3. The van der Waals surface area contributed by atoms with Gasteiger partial charge in [-0.2, -0.15) is 0 Å². The molecule has 3 heteroatoms. The molecule has 1 rings (SSSR count). The molecule has 0 aromatic carbocycles. The molecule has 0 aliphatic heterocycles. The van der Waals surface area contributed by atoms with Crippen LogP contribution in [0, 0.1) is 20.8 Å². The number of aryl methyl sites for hydroxylation is 2. The molecule has 0 saturated carbocycles. The summed E-state index contributed by atoms with van der Waals surface area (Å²) in [7, 11) is 4.04. The van der Waals surface area contributed by atoms with Gasteiger partial charge >= 0.3 is 0 Å². The zero-order chi connectivity index (χ0) is 12.7. The van der Waals surface area contributed by atoms with Crippen LogP contribution in [0.1, 0.15) is 43.0 Å². The third-order valence-corrected chi connectivity index (χ3v) is 2.14. The minimum atomic E-state index is 0.808. The average molecular weight is 223 g/mol. The fourth-order valence-electron chi connectivity index (χ4n) is 1.20. The maximum atomic E-state index is 4.42. The summed E-state index contributed by atoms with van der Waals surface area (Å²) in [6.45, 7) is 11.2. The normalized spacial score (nSPS) is 10.0. The van der Waals surface area contributed by atoms with Gasteiger partial charge in [0.2, 0.25) is 0 Å². The van der Waals surface area contributed by atoms with Crippen molar-refractivity contribution in [2.75, 3.05) is 14.1 Å². The molecule has 0 N–H and O–H groups in total. The smallest absolute Gasteiger partial charge is 0.142 e. The summed E-state index contributed by atoms with van der Waals surface area (Å²) in [4.78, 5) is 10.9. The van der Waals surface area contributed by atoms with Gasteiger partial charge < -0.3 is 4.90 Å². The van der Waals surface area contributed by atoms with Crippen LogP contribution in [-0.2, 0) is 6.54 Å². The van der Waals surface area contributed by atoms with Crippen LogP contribution in [0.5, 0.6) is 0 Å². The summed E-state index contributed by atoms with van der Waals surface area (Å²) in [5.74, 6) is 0.908. The van der Waals surface area contributed by atoms with Crippen molar-refractivity contribution >= 4 is 0 Å². The standard InChI is InChI=1S/C10H17N3.C3H8/c1-7-8(2)11-10(6-13(4)5)12-9(7)3;1-3-2/h6H2,1-5H3;3H2,1-2H3. The highest BCUT2D eigenvalue weighted by Crippen LogP contribution is 2.08. The summed E-state index contributed by atoms with van der Waals surface area (Å²) in [6, 6.07) is 0. The van der Waals surface area contributed by atoms with Crippen LogP contribution >= 0.6 is 0 Å². The Morgan fingerprint density at radius 2 is 1.31 bits per heavy atom. The summed E-state index contributed by atoms with van der Waals surface area (Å²) in [5, 5.41) is 0. The molecule has 1 aromatic rings. The van der Waals surface area contributed by atoms with E-state index in [1.165, 1.54) is 12.0 Å².